The van der Waals surface area contributed by atoms with E-state index in [9.17, 15) is 28.8 Å². The quantitative estimate of drug-likeness (QED) is 0.253. The number of likely N-dealkylation sites (tertiary alicyclic amines) is 1. The highest BCUT2D eigenvalue weighted by Crippen LogP contribution is 2.29. The predicted molar refractivity (Wildman–Crippen MR) is 206 cm³/mol. The summed E-state index contributed by atoms with van der Waals surface area (Å²) < 4.78 is 16.7. The van der Waals surface area contributed by atoms with Gasteiger partial charge in [-0.2, -0.15) is 0 Å². The number of hydrogen-bond donors (Lipinski definition) is 2. The van der Waals surface area contributed by atoms with Gasteiger partial charge in [-0.05, 0) is 82.4 Å². The van der Waals surface area contributed by atoms with E-state index in [4.69, 9.17) is 14.2 Å². The van der Waals surface area contributed by atoms with E-state index in [1.165, 1.54) is 23.8 Å². The van der Waals surface area contributed by atoms with E-state index in [2.05, 4.69) is 15.6 Å². The molecule has 4 fully saturated rings. The molecule has 0 radical (unpaired) electrons. The molecule has 2 aliphatic heterocycles. The third-order valence-electron chi connectivity index (χ3n) is 11.5. The zero-order valence-corrected chi connectivity index (χ0v) is 32.7. The van der Waals surface area contributed by atoms with Crippen molar-refractivity contribution >= 4 is 46.6 Å². The lowest BCUT2D eigenvalue weighted by Crippen LogP contribution is -2.56. The molecule has 2 saturated heterocycles. The molecule has 2 saturated carbocycles. The minimum absolute atomic E-state index is 0.000793. The summed E-state index contributed by atoms with van der Waals surface area (Å²) in [5.41, 5.74) is 1.32. The molecule has 2 N–H and O–H groups in total. The fourth-order valence-electron chi connectivity index (χ4n) is 7.96. The van der Waals surface area contributed by atoms with E-state index in [-0.39, 0.29) is 87.4 Å². The molecule has 2 atom stereocenters. The van der Waals surface area contributed by atoms with Crippen LogP contribution in [0, 0.1) is 12.8 Å². The maximum atomic E-state index is 14.0. The molecule has 56 heavy (non-hydrogen) atoms. The second kappa shape index (κ2) is 19.3. The number of carbonyl (C=O) groups is 6. The number of nitrogens with zero attached hydrogens (tertiary/aromatic N) is 4. The molecular weight excluding hydrogens is 720 g/mol. The van der Waals surface area contributed by atoms with Gasteiger partial charge in [0.2, 0.25) is 11.8 Å². The monoisotopic (exact) mass is 776 g/mol. The van der Waals surface area contributed by atoms with Gasteiger partial charge in [-0.25, -0.2) is 9.78 Å². The Morgan fingerprint density at radius 3 is 2.34 bits per heavy atom. The van der Waals surface area contributed by atoms with Crippen molar-refractivity contribution in [1.82, 2.24) is 30.3 Å². The Morgan fingerprint density at radius 2 is 1.62 bits per heavy atom. The number of carbonyl (C=O) groups excluding carboxylic acids is 6. The topological polar surface area (TPSA) is 177 Å². The van der Waals surface area contributed by atoms with Crippen LogP contribution in [0.2, 0.25) is 0 Å². The molecule has 3 heterocycles. The van der Waals surface area contributed by atoms with Gasteiger partial charge in [0.25, 0.3) is 11.8 Å². The van der Waals surface area contributed by atoms with E-state index in [1.54, 1.807) is 22.8 Å². The van der Waals surface area contributed by atoms with E-state index in [1.807, 2.05) is 19.1 Å². The third-order valence-corrected chi connectivity index (χ3v) is 11.5. The van der Waals surface area contributed by atoms with Crippen LogP contribution in [0.25, 0.3) is 10.9 Å². The van der Waals surface area contributed by atoms with Crippen LogP contribution >= 0.6 is 0 Å². The van der Waals surface area contributed by atoms with Crippen LogP contribution < -0.4 is 15.4 Å². The van der Waals surface area contributed by atoms with Gasteiger partial charge < -0.3 is 39.5 Å². The molecule has 6 rings (SSSR count). The first-order valence-corrected chi connectivity index (χ1v) is 20.4. The third kappa shape index (κ3) is 10.5. The van der Waals surface area contributed by atoms with Crippen molar-refractivity contribution in [2.45, 2.75) is 109 Å². The lowest BCUT2D eigenvalue weighted by molar-refractivity contribution is -0.144. The molecule has 1 aromatic heterocycles. The molecule has 5 amide bonds. The second-order valence-electron chi connectivity index (χ2n) is 15.4. The number of nitrogens with one attached hydrogen (secondary N) is 2. The highest BCUT2D eigenvalue weighted by molar-refractivity contribution is 5.99. The molecule has 15 heteroatoms. The zero-order chi connectivity index (χ0) is 39.6. The van der Waals surface area contributed by atoms with Gasteiger partial charge in [-0.3, -0.25) is 24.0 Å². The number of pyridine rings is 1. The summed E-state index contributed by atoms with van der Waals surface area (Å²) in [5.74, 6) is -1.13. The number of aryl methyl sites for hydroxylation is 1. The van der Waals surface area contributed by atoms with E-state index in [0.29, 0.717) is 36.4 Å². The standard InChI is InChI=1S/C41H56N6O9/c1-3-54-41(53)46-21-19-45(20-22-46)40(52)31(15-16-37(49)55-23-17-28-8-4-5-9-28)44-38(50)33-25-35(30-14-13-27(2)24-32(30)43-33)56-26-36(48)47-18-7-12-34(47)39(51)42-29-10-6-11-29/h13-14,24-25,28-29,31,34H,3-12,15-23,26H2,1-2H3,(H,42,51)(H,44,50)/t31-,34-/m0/s1. The summed E-state index contributed by atoms with van der Waals surface area (Å²) in [6.07, 6.45) is 9.28. The average Bonchev–Trinajstić information content (AvgIpc) is 3.90. The number of amides is 5. The van der Waals surface area contributed by atoms with Gasteiger partial charge in [-0.15, -0.1) is 0 Å². The molecule has 2 aromatic rings. The largest absolute Gasteiger partial charge is 0.483 e. The molecule has 4 aliphatic rings. The van der Waals surface area contributed by atoms with Crippen molar-refractivity contribution in [3.8, 4) is 5.75 Å². The summed E-state index contributed by atoms with van der Waals surface area (Å²) in [5, 5.41) is 6.47. The van der Waals surface area contributed by atoms with Crippen LogP contribution in [0.15, 0.2) is 24.3 Å². The lowest BCUT2D eigenvalue weighted by atomic mass is 9.93. The van der Waals surface area contributed by atoms with Crippen molar-refractivity contribution < 1.29 is 43.0 Å². The fraction of sp³-hybridized carbons (Fsp3) is 0.634. The van der Waals surface area contributed by atoms with E-state index >= 15 is 0 Å². The minimum Gasteiger partial charge on any atom is -0.483 e. The molecule has 15 nitrogen and oxygen atoms in total. The fourth-order valence-corrected chi connectivity index (χ4v) is 7.96. The van der Waals surface area contributed by atoms with Crippen LogP contribution in [0.1, 0.15) is 100 Å². The van der Waals surface area contributed by atoms with Crippen molar-refractivity contribution in [2.75, 3.05) is 52.5 Å². The second-order valence-corrected chi connectivity index (χ2v) is 15.4. The summed E-state index contributed by atoms with van der Waals surface area (Å²) in [7, 11) is 0. The highest BCUT2D eigenvalue weighted by Gasteiger charge is 2.36. The molecule has 304 valence electrons. The maximum absolute atomic E-state index is 14.0. The van der Waals surface area contributed by atoms with Crippen LogP contribution in [-0.2, 0) is 28.7 Å². The molecule has 1 aromatic carbocycles. The maximum Gasteiger partial charge on any atom is 0.409 e. The molecule has 2 aliphatic carbocycles. The number of esters is 1. The first kappa shape index (κ1) is 40.7. The van der Waals surface area contributed by atoms with Gasteiger partial charge in [0.15, 0.2) is 6.61 Å². The number of piperazine rings is 1. The zero-order valence-electron chi connectivity index (χ0n) is 32.7. The van der Waals surface area contributed by atoms with Gasteiger partial charge >= 0.3 is 12.1 Å². The van der Waals surface area contributed by atoms with Crippen molar-refractivity contribution in [1.29, 1.82) is 0 Å². The number of fused-ring (bicyclic) bond motifs is 1. The number of hydrogen-bond acceptors (Lipinski definition) is 10. The van der Waals surface area contributed by atoms with Crippen molar-refractivity contribution in [2.24, 2.45) is 5.92 Å². The Bertz CT molecular complexity index is 1750. The summed E-state index contributed by atoms with van der Waals surface area (Å²) in [6.45, 7) is 5.29. The van der Waals surface area contributed by atoms with Crippen molar-refractivity contribution in [3.05, 3.63) is 35.5 Å². The number of ether oxygens (including phenoxy) is 3. The van der Waals surface area contributed by atoms with Gasteiger partial charge in [0.1, 0.15) is 23.5 Å². The minimum atomic E-state index is -1.09. The molecule has 0 spiro atoms. The lowest BCUT2D eigenvalue weighted by Gasteiger charge is -2.36. The van der Waals surface area contributed by atoms with E-state index < -0.39 is 30.1 Å². The molecule has 0 bridgehead atoms. The van der Waals surface area contributed by atoms with Gasteiger partial charge in [-0.1, -0.05) is 31.7 Å². The molecule has 0 unspecified atom stereocenters. The van der Waals surface area contributed by atoms with Crippen molar-refractivity contribution in [3.63, 3.8) is 0 Å². The van der Waals surface area contributed by atoms with Crippen LogP contribution in [0.5, 0.6) is 5.75 Å². The molecular formula is C41H56N6O9. The number of rotatable bonds is 15. The van der Waals surface area contributed by atoms with Crippen LogP contribution in [0.4, 0.5) is 4.79 Å². The first-order valence-electron chi connectivity index (χ1n) is 20.4. The Morgan fingerprint density at radius 1 is 0.875 bits per heavy atom. The Kier molecular flexibility index (Phi) is 14.0. The number of aromatic nitrogens is 1. The summed E-state index contributed by atoms with van der Waals surface area (Å²) in [4.78, 5) is 88.7. The Labute approximate surface area is 328 Å². The Hall–Kier alpha value is -4.95. The summed E-state index contributed by atoms with van der Waals surface area (Å²) in [6, 6.07) is 5.48. The average molecular weight is 777 g/mol. The Balaban J connectivity index is 1.14. The highest BCUT2D eigenvalue weighted by atomic mass is 16.6. The predicted octanol–water partition coefficient (Wildman–Crippen LogP) is 3.88. The van der Waals surface area contributed by atoms with Gasteiger partial charge in [0.05, 0.1) is 18.7 Å². The summed E-state index contributed by atoms with van der Waals surface area (Å²) >= 11 is 0. The van der Waals surface area contributed by atoms with Crippen LogP contribution in [-0.4, -0.2) is 126 Å². The van der Waals surface area contributed by atoms with Gasteiger partial charge in [0, 0.05) is 56.6 Å². The first-order chi connectivity index (χ1) is 27.1. The smallest absolute Gasteiger partial charge is 0.409 e. The van der Waals surface area contributed by atoms with E-state index in [0.717, 1.165) is 50.5 Å². The number of benzene rings is 1. The normalized spacial score (nSPS) is 19.3. The van der Waals surface area contributed by atoms with Crippen LogP contribution in [0.3, 0.4) is 0 Å². The SMILES string of the molecule is CCOC(=O)N1CCN(C(=O)[C@H](CCC(=O)OCCC2CCCC2)NC(=O)c2cc(OCC(=O)N3CCC[C@H]3C(=O)NC3CCC3)c3ccc(C)cc3n2)CC1.